The molecule has 2 aromatic rings. The van der Waals surface area contributed by atoms with Gasteiger partial charge in [0.2, 0.25) is 0 Å². The van der Waals surface area contributed by atoms with E-state index in [1.807, 2.05) is 6.07 Å². The van der Waals surface area contributed by atoms with Crippen LogP contribution in [0.5, 0.6) is 11.5 Å². The Morgan fingerprint density at radius 1 is 0.955 bits per heavy atom. The molecule has 0 aliphatic carbocycles. The highest BCUT2D eigenvalue weighted by atomic mass is 19.4. The highest BCUT2D eigenvalue weighted by molar-refractivity contribution is 5.73. The first-order valence-electron chi connectivity index (χ1n) is 6.24. The molecule has 0 radical (unpaired) electrons. The highest BCUT2D eigenvalue weighted by Crippen LogP contribution is 2.37. The van der Waals surface area contributed by atoms with Crippen LogP contribution in [0.4, 0.5) is 13.2 Å². The number of halogens is 3. The fourth-order valence-electron chi connectivity index (χ4n) is 2.06. The third-order valence-corrected chi connectivity index (χ3v) is 3.16. The summed E-state index contributed by atoms with van der Waals surface area (Å²) in [7, 11) is 2.89. The molecular formula is C16H12F3NO2. The third kappa shape index (κ3) is 2.98. The summed E-state index contributed by atoms with van der Waals surface area (Å²) >= 11 is 0. The van der Waals surface area contributed by atoms with Gasteiger partial charge >= 0.3 is 6.18 Å². The van der Waals surface area contributed by atoms with E-state index in [9.17, 15) is 13.2 Å². The normalized spacial score (nSPS) is 10.9. The van der Waals surface area contributed by atoms with Crippen molar-refractivity contribution < 1.29 is 22.6 Å². The van der Waals surface area contributed by atoms with Gasteiger partial charge in [0, 0.05) is 5.56 Å². The molecule has 114 valence electrons. The Balaban J connectivity index is 2.63. The molecule has 0 aromatic heterocycles. The van der Waals surface area contributed by atoms with Gasteiger partial charge in [-0.3, -0.25) is 0 Å². The highest BCUT2D eigenvalue weighted by Gasteiger charge is 2.31. The topological polar surface area (TPSA) is 42.2 Å². The minimum atomic E-state index is -4.47. The lowest BCUT2D eigenvalue weighted by molar-refractivity contribution is -0.137. The van der Waals surface area contributed by atoms with Gasteiger partial charge in [-0.15, -0.1) is 0 Å². The van der Waals surface area contributed by atoms with Gasteiger partial charge in [-0.25, -0.2) is 0 Å². The lowest BCUT2D eigenvalue weighted by Crippen LogP contribution is -2.05. The third-order valence-electron chi connectivity index (χ3n) is 3.16. The minimum Gasteiger partial charge on any atom is -0.493 e. The van der Waals surface area contributed by atoms with Gasteiger partial charge in [0.1, 0.15) is 0 Å². The molecule has 0 aliphatic heterocycles. The van der Waals surface area contributed by atoms with E-state index in [0.717, 1.165) is 18.2 Å². The monoisotopic (exact) mass is 307 g/mol. The SMILES string of the molecule is COc1ccc(-c2cc(C(F)(F)F)ccc2C#N)cc1OC. The number of hydrogen-bond acceptors (Lipinski definition) is 3. The lowest BCUT2D eigenvalue weighted by atomic mass is 9.97. The fourth-order valence-corrected chi connectivity index (χ4v) is 2.06. The molecule has 0 unspecified atom stereocenters. The summed E-state index contributed by atoms with van der Waals surface area (Å²) in [6.45, 7) is 0. The van der Waals surface area contributed by atoms with E-state index in [-0.39, 0.29) is 11.1 Å². The van der Waals surface area contributed by atoms with Crippen LogP contribution in [-0.4, -0.2) is 14.2 Å². The molecule has 0 heterocycles. The van der Waals surface area contributed by atoms with Crippen molar-refractivity contribution in [2.45, 2.75) is 6.18 Å². The van der Waals surface area contributed by atoms with E-state index >= 15 is 0 Å². The molecule has 6 heteroatoms. The maximum atomic E-state index is 12.9. The van der Waals surface area contributed by atoms with Gasteiger partial charge in [-0.2, -0.15) is 18.4 Å². The van der Waals surface area contributed by atoms with Crippen LogP contribution in [-0.2, 0) is 6.18 Å². The number of alkyl halides is 3. The first kappa shape index (κ1) is 15.7. The van der Waals surface area contributed by atoms with E-state index in [1.54, 1.807) is 12.1 Å². The number of benzene rings is 2. The molecule has 0 saturated carbocycles. The van der Waals surface area contributed by atoms with Crippen LogP contribution in [0.2, 0.25) is 0 Å². The zero-order chi connectivity index (χ0) is 16.3. The van der Waals surface area contributed by atoms with E-state index in [4.69, 9.17) is 14.7 Å². The fraction of sp³-hybridized carbons (Fsp3) is 0.188. The predicted octanol–water partition coefficient (Wildman–Crippen LogP) is 4.26. The molecule has 0 bridgehead atoms. The quantitative estimate of drug-likeness (QED) is 0.851. The van der Waals surface area contributed by atoms with Crippen molar-refractivity contribution in [3.05, 3.63) is 47.5 Å². The first-order valence-corrected chi connectivity index (χ1v) is 6.24. The van der Waals surface area contributed by atoms with Crippen molar-refractivity contribution in [1.29, 1.82) is 5.26 Å². The van der Waals surface area contributed by atoms with Crippen LogP contribution in [0.25, 0.3) is 11.1 Å². The molecule has 2 rings (SSSR count). The van der Waals surface area contributed by atoms with Crippen LogP contribution in [0.15, 0.2) is 36.4 Å². The van der Waals surface area contributed by atoms with Crippen molar-refractivity contribution in [1.82, 2.24) is 0 Å². The predicted molar refractivity (Wildman–Crippen MR) is 74.7 cm³/mol. The van der Waals surface area contributed by atoms with Crippen LogP contribution in [0.1, 0.15) is 11.1 Å². The van der Waals surface area contributed by atoms with Crippen molar-refractivity contribution >= 4 is 0 Å². The molecule has 0 aliphatic rings. The zero-order valence-electron chi connectivity index (χ0n) is 11.9. The molecule has 2 aromatic carbocycles. The summed E-state index contributed by atoms with van der Waals surface area (Å²) in [5, 5.41) is 9.11. The Labute approximate surface area is 125 Å². The minimum absolute atomic E-state index is 0.153. The van der Waals surface area contributed by atoms with Gasteiger partial charge < -0.3 is 9.47 Å². The first-order chi connectivity index (χ1) is 10.4. The second-order valence-electron chi connectivity index (χ2n) is 4.44. The summed E-state index contributed by atoms with van der Waals surface area (Å²) in [6, 6.07) is 9.61. The molecule has 0 amide bonds. The van der Waals surface area contributed by atoms with Crippen molar-refractivity contribution in [2.24, 2.45) is 0 Å². The van der Waals surface area contributed by atoms with Crippen molar-refractivity contribution in [2.75, 3.05) is 14.2 Å². The van der Waals surface area contributed by atoms with Crippen molar-refractivity contribution in [3.8, 4) is 28.7 Å². The molecule has 0 atom stereocenters. The number of ether oxygens (including phenoxy) is 2. The largest absolute Gasteiger partial charge is 0.493 e. The summed E-state index contributed by atoms with van der Waals surface area (Å²) < 4.78 is 48.8. The Hall–Kier alpha value is -2.68. The second-order valence-corrected chi connectivity index (χ2v) is 4.44. The molecule has 0 saturated heterocycles. The van der Waals surface area contributed by atoms with E-state index in [0.29, 0.717) is 17.1 Å². The standard InChI is InChI=1S/C16H12F3NO2/c1-21-14-6-4-10(7-15(14)22-2)13-8-12(16(17,18)19)5-3-11(13)9-20/h3-8H,1-2H3. The zero-order valence-corrected chi connectivity index (χ0v) is 11.9. The summed E-state index contributed by atoms with van der Waals surface area (Å²) in [5.41, 5.74) is -0.0184. The van der Waals surface area contributed by atoms with Gasteiger partial charge in [-0.05, 0) is 35.9 Å². The number of nitrogens with zero attached hydrogens (tertiary/aromatic N) is 1. The van der Waals surface area contributed by atoms with Crippen LogP contribution < -0.4 is 9.47 Å². The van der Waals surface area contributed by atoms with Crippen LogP contribution >= 0.6 is 0 Å². The number of hydrogen-bond donors (Lipinski definition) is 0. The van der Waals surface area contributed by atoms with Gasteiger partial charge in [0.05, 0.1) is 31.4 Å². The van der Waals surface area contributed by atoms with E-state index in [1.165, 1.54) is 20.3 Å². The summed E-state index contributed by atoms with van der Waals surface area (Å²) in [4.78, 5) is 0. The molecular weight excluding hydrogens is 295 g/mol. The second kappa shape index (κ2) is 5.98. The van der Waals surface area contributed by atoms with Crippen LogP contribution in [0, 0.1) is 11.3 Å². The Kier molecular flexibility index (Phi) is 4.27. The Morgan fingerprint density at radius 2 is 1.64 bits per heavy atom. The number of nitriles is 1. The Morgan fingerprint density at radius 3 is 2.18 bits per heavy atom. The maximum Gasteiger partial charge on any atom is 0.416 e. The Bertz CT molecular complexity index is 733. The maximum absolute atomic E-state index is 12.9. The molecule has 3 nitrogen and oxygen atoms in total. The molecule has 0 N–H and O–H groups in total. The van der Waals surface area contributed by atoms with E-state index < -0.39 is 11.7 Å². The molecule has 0 fully saturated rings. The molecule has 0 spiro atoms. The number of methoxy groups -OCH3 is 2. The summed E-state index contributed by atoms with van der Waals surface area (Å²) in [5.74, 6) is 0.832. The van der Waals surface area contributed by atoms with E-state index in [2.05, 4.69) is 0 Å². The van der Waals surface area contributed by atoms with Crippen LogP contribution in [0.3, 0.4) is 0 Å². The number of rotatable bonds is 3. The van der Waals surface area contributed by atoms with Gasteiger partial charge in [-0.1, -0.05) is 6.07 Å². The average molecular weight is 307 g/mol. The summed E-state index contributed by atoms with van der Waals surface area (Å²) in [6.07, 6.45) is -4.47. The lowest BCUT2D eigenvalue weighted by Gasteiger charge is -2.13. The van der Waals surface area contributed by atoms with Gasteiger partial charge in [0.15, 0.2) is 11.5 Å². The smallest absolute Gasteiger partial charge is 0.416 e. The van der Waals surface area contributed by atoms with Crippen molar-refractivity contribution in [3.63, 3.8) is 0 Å². The average Bonchev–Trinajstić information content (AvgIpc) is 2.52. The van der Waals surface area contributed by atoms with Gasteiger partial charge in [0.25, 0.3) is 0 Å². The molecule has 22 heavy (non-hydrogen) atoms.